The second kappa shape index (κ2) is 6.75. The monoisotopic (exact) mass is 403 g/mol. The van der Waals surface area contributed by atoms with Gasteiger partial charge in [0.15, 0.2) is 11.6 Å². The Labute approximate surface area is 162 Å². The van der Waals surface area contributed by atoms with E-state index in [0.717, 1.165) is 22.6 Å². The van der Waals surface area contributed by atoms with Gasteiger partial charge in [-0.3, -0.25) is 9.20 Å². The summed E-state index contributed by atoms with van der Waals surface area (Å²) in [4.78, 5) is 18.2. The number of amides is 1. The molecule has 0 spiro atoms. The van der Waals surface area contributed by atoms with Gasteiger partial charge in [-0.1, -0.05) is 17.7 Å². The van der Waals surface area contributed by atoms with Gasteiger partial charge in [0.25, 0.3) is 5.91 Å². The quantitative estimate of drug-likeness (QED) is 0.455. The maximum atomic E-state index is 13.6. The second-order valence-corrected chi connectivity index (χ2v) is 7.27. The van der Waals surface area contributed by atoms with Crippen molar-refractivity contribution in [2.24, 2.45) is 0 Å². The average Bonchev–Trinajstić information content (AvgIpc) is 3.26. The van der Waals surface area contributed by atoms with E-state index in [1.807, 2.05) is 36.6 Å². The number of pyridine rings is 1. The van der Waals surface area contributed by atoms with Crippen LogP contribution in [0.4, 0.5) is 14.6 Å². The number of carbonyl (C=O) groups excluding carboxylic acids is 1. The van der Waals surface area contributed by atoms with Crippen molar-refractivity contribution >= 4 is 40.3 Å². The number of anilines is 1. The van der Waals surface area contributed by atoms with Gasteiger partial charge in [-0.25, -0.2) is 13.8 Å². The van der Waals surface area contributed by atoms with Gasteiger partial charge in [-0.05, 0) is 48.2 Å². The number of thiophene rings is 1. The molecule has 4 nitrogen and oxygen atoms in total. The van der Waals surface area contributed by atoms with E-state index >= 15 is 0 Å². The molecule has 1 aromatic carbocycles. The van der Waals surface area contributed by atoms with E-state index in [4.69, 9.17) is 11.6 Å². The van der Waals surface area contributed by atoms with Gasteiger partial charge in [0, 0.05) is 6.20 Å². The molecule has 8 heteroatoms. The number of halogens is 3. The summed E-state index contributed by atoms with van der Waals surface area (Å²) in [6.45, 7) is 1.94. The SMILES string of the molecule is Cc1ccn2c(NC(=O)c3cc(F)c(F)cc3Cl)c(-c3cccs3)nc2c1. The summed E-state index contributed by atoms with van der Waals surface area (Å²) in [6.07, 6.45) is 1.79. The van der Waals surface area contributed by atoms with E-state index in [1.54, 1.807) is 10.6 Å². The summed E-state index contributed by atoms with van der Waals surface area (Å²) in [7, 11) is 0. The van der Waals surface area contributed by atoms with Gasteiger partial charge < -0.3 is 5.32 Å². The predicted octanol–water partition coefficient (Wildman–Crippen LogP) is 5.56. The number of hydrogen-bond acceptors (Lipinski definition) is 3. The molecule has 0 bridgehead atoms. The highest BCUT2D eigenvalue weighted by molar-refractivity contribution is 7.13. The zero-order chi connectivity index (χ0) is 19.1. The van der Waals surface area contributed by atoms with Gasteiger partial charge in [0.2, 0.25) is 0 Å². The third-order valence-electron chi connectivity index (χ3n) is 4.02. The topological polar surface area (TPSA) is 46.4 Å². The Hall–Kier alpha value is -2.77. The first kappa shape index (κ1) is 17.6. The van der Waals surface area contributed by atoms with Crippen LogP contribution >= 0.6 is 22.9 Å². The number of nitrogens with zero attached hydrogens (tertiary/aromatic N) is 2. The average molecular weight is 404 g/mol. The number of rotatable bonds is 3. The van der Waals surface area contributed by atoms with E-state index in [2.05, 4.69) is 10.3 Å². The van der Waals surface area contributed by atoms with Crippen molar-refractivity contribution in [2.45, 2.75) is 6.92 Å². The highest BCUT2D eigenvalue weighted by atomic mass is 35.5. The van der Waals surface area contributed by atoms with Crippen LogP contribution in [-0.2, 0) is 0 Å². The smallest absolute Gasteiger partial charge is 0.258 e. The van der Waals surface area contributed by atoms with Crippen molar-refractivity contribution < 1.29 is 13.6 Å². The molecule has 3 heterocycles. The zero-order valence-corrected chi connectivity index (χ0v) is 15.5. The van der Waals surface area contributed by atoms with Crippen molar-refractivity contribution in [2.75, 3.05) is 5.32 Å². The third kappa shape index (κ3) is 3.20. The summed E-state index contributed by atoms with van der Waals surface area (Å²) in [6, 6.07) is 9.10. The minimum absolute atomic E-state index is 0.158. The predicted molar refractivity (Wildman–Crippen MR) is 103 cm³/mol. The van der Waals surface area contributed by atoms with Gasteiger partial charge in [-0.2, -0.15) is 0 Å². The van der Waals surface area contributed by atoms with Crippen LogP contribution in [-0.4, -0.2) is 15.3 Å². The molecule has 3 aromatic heterocycles. The first-order valence-corrected chi connectivity index (χ1v) is 9.18. The Morgan fingerprint density at radius 2 is 2.00 bits per heavy atom. The zero-order valence-electron chi connectivity index (χ0n) is 14.0. The molecule has 0 aliphatic heterocycles. The van der Waals surface area contributed by atoms with Crippen molar-refractivity contribution in [1.29, 1.82) is 0 Å². The van der Waals surface area contributed by atoms with Crippen LogP contribution in [0, 0.1) is 18.6 Å². The first-order chi connectivity index (χ1) is 12.9. The van der Waals surface area contributed by atoms with E-state index in [1.165, 1.54) is 11.3 Å². The number of carbonyl (C=O) groups is 1. The summed E-state index contributed by atoms with van der Waals surface area (Å²) < 4.78 is 28.6. The van der Waals surface area contributed by atoms with Crippen molar-refractivity contribution in [3.63, 3.8) is 0 Å². The van der Waals surface area contributed by atoms with Crippen LogP contribution < -0.4 is 5.32 Å². The number of benzene rings is 1. The lowest BCUT2D eigenvalue weighted by atomic mass is 10.2. The Morgan fingerprint density at radius 1 is 1.22 bits per heavy atom. The molecule has 0 unspecified atom stereocenters. The molecule has 27 heavy (non-hydrogen) atoms. The van der Waals surface area contributed by atoms with E-state index in [0.29, 0.717) is 17.2 Å². The molecule has 0 fully saturated rings. The van der Waals surface area contributed by atoms with Crippen LogP contribution in [0.3, 0.4) is 0 Å². The fourth-order valence-electron chi connectivity index (χ4n) is 2.72. The summed E-state index contributed by atoms with van der Waals surface area (Å²) in [5.74, 6) is -2.48. The number of aryl methyl sites for hydroxylation is 1. The Bertz CT molecular complexity index is 1170. The first-order valence-electron chi connectivity index (χ1n) is 7.92. The normalized spacial score (nSPS) is 11.1. The van der Waals surface area contributed by atoms with Crippen LogP contribution in [0.15, 0.2) is 48.0 Å². The maximum Gasteiger partial charge on any atom is 0.258 e. The molecule has 0 saturated carbocycles. The summed E-state index contributed by atoms with van der Waals surface area (Å²) in [5, 5.41) is 4.47. The molecule has 136 valence electrons. The Balaban J connectivity index is 1.83. The number of imidazole rings is 1. The van der Waals surface area contributed by atoms with Crippen LogP contribution in [0.1, 0.15) is 15.9 Å². The number of hydrogen-bond donors (Lipinski definition) is 1. The minimum atomic E-state index is -1.14. The highest BCUT2D eigenvalue weighted by Gasteiger charge is 2.20. The van der Waals surface area contributed by atoms with Crippen molar-refractivity contribution in [1.82, 2.24) is 9.38 Å². The molecular weight excluding hydrogens is 392 g/mol. The molecule has 4 rings (SSSR count). The van der Waals surface area contributed by atoms with E-state index in [-0.39, 0.29) is 10.6 Å². The van der Waals surface area contributed by atoms with Gasteiger partial charge in [0.05, 0.1) is 15.5 Å². The van der Waals surface area contributed by atoms with Crippen LogP contribution in [0.5, 0.6) is 0 Å². The standard InChI is InChI=1S/C19H12ClF2N3OS/c1-10-4-5-25-16(7-10)23-17(15-3-2-6-27-15)18(25)24-19(26)11-8-13(21)14(22)9-12(11)20/h2-9H,1H3,(H,24,26). The minimum Gasteiger partial charge on any atom is -0.306 e. The van der Waals surface area contributed by atoms with Gasteiger partial charge >= 0.3 is 0 Å². The molecule has 0 aliphatic carbocycles. The Morgan fingerprint density at radius 3 is 2.74 bits per heavy atom. The summed E-state index contributed by atoms with van der Waals surface area (Å²) >= 11 is 7.40. The lowest BCUT2D eigenvalue weighted by molar-refractivity contribution is 0.102. The van der Waals surface area contributed by atoms with E-state index in [9.17, 15) is 13.6 Å². The van der Waals surface area contributed by atoms with Gasteiger partial charge in [-0.15, -0.1) is 11.3 Å². The molecule has 0 atom stereocenters. The number of fused-ring (bicyclic) bond motifs is 1. The molecule has 0 radical (unpaired) electrons. The highest BCUT2D eigenvalue weighted by Crippen LogP contribution is 2.33. The molecular formula is C19H12ClF2N3OS. The lowest BCUT2D eigenvalue weighted by Gasteiger charge is -2.09. The third-order valence-corrected chi connectivity index (χ3v) is 5.21. The molecule has 1 amide bonds. The van der Waals surface area contributed by atoms with E-state index < -0.39 is 17.5 Å². The number of aromatic nitrogens is 2. The number of nitrogens with one attached hydrogen (secondary N) is 1. The molecule has 1 N–H and O–H groups in total. The van der Waals surface area contributed by atoms with Crippen molar-refractivity contribution in [3.8, 4) is 10.6 Å². The molecule has 0 aliphatic rings. The largest absolute Gasteiger partial charge is 0.306 e. The molecule has 0 saturated heterocycles. The maximum absolute atomic E-state index is 13.6. The van der Waals surface area contributed by atoms with Gasteiger partial charge in [0.1, 0.15) is 17.2 Å². The summed E-state index contributed by atoms with van der Waals surface area (Å²) in [5.41, 5.74) is 2.11. The fourth-order valence-corrected chi connectivity index (χ4v) is 3.67. The lowest BCUT2D eigenvalue weighted by Crippen LogP contribution is -2.15. The second-order valence-electron chi connectivity index (χ2n) is 5.92. The van der Waals surface area contributed by atoms with Crippen LogP contribution in [0.25, 0.3) is 16.2 Å². The van der Waals surface area contributed by atoms with Crippen molar-refractivity contribution in [3.05, 3.63) is 75.8 Å². The fraction of sp³-hybridized carbons (Fsp3) is 0.0526. The van der Waals surface area contributed by atoms with Crippen LogP contribution in [0.2, 0.25) is 5.02 Å². The molecule has 4 aromatic rings. The Kier molecular flexibility index (Phi) is 4.41.